The maximum Gasteiger partial charge on any atom is 0.222 e. The third-order valence-corrected chi connectivity index (χ3v) is 3.53. The van der Waals surface area contributed by atoms with Gasteiger partial charge in [-0.15, -0.1) is 0 Å². The van der Waals surface area contributed by atoms with Gasteiger partial charge >= 0.3 is 0 Å². The fourth-order valence-electron chi connectivity index (χ4n) is 2.35. The Morgan fingerprint density at radius 3 is 2.53 bits per heavy atom. The van der Waals surface area contributed by atoms with Crippen molar-refractivity contribution in [2.24, 2.45) is 0 Å². The van der Waals surface area contributed by atoms with Crippen LogP contribution in [0.1, 0.15) is 37.7 Å². The predicted molar refractivity (Wildman–Crippen MR) is 76.3 cm³/mol. The largest absolute Gasteiger partial charge is 0.494 e. The van der Waals surface area contributed by atoms with E-state index >= 15 is 0 Å². The molecule has 0 radical (unpaired) electrons. The Balaban J connectivity index is 1.63. The number of aryl methyl sites for hydroxylation is 1. The highest BCUT2D eigenvalue weighted by molar-refractivity contribution is 5.76. The molecule has 0 aliphatic carbocycles. The van der Waals surface area contributed by atoms with Gasteiger partial charge in [-0.1, -0.05) is 17.7 Å². The van der Waals surface area contributed by atoms with Gasteiger partial charge in [0.25, 0.3) is 0 Å². The predicted octanol–water partition coefficient (Wildman–Crippen LogP) is 3.17. The quantitative estimate of drug-likeness (QED) is 0.762. The van der Waals surface area contributed by atoms with Gasteiger partial charge in [0, 0.05) is 19.5 Å². The number of ether oxygens (including phenoxy) is 1. The molecule has 2 rings (SSSR count). The molecule has 0 aromatic heterocycles. The highest BCUT2D eigenvalue weighted by Gasteiger charge is 2.15. The first-order valence-corrected chi connectivity index (χ1v) is 7.23. The molecule has 1 aromatic rings. The van der Waals surface area contributed by atoms with E-state index in [4.69, 9.17) is 4.74 Å². The summed E-state index contributed by atoms with van der Waals surface area (Å²) in [6.07, 6.45) is 4.98. The number of piperidine rings is 1. The molecular formula is C16H23NO2. The van der Waals surface area contributed by atoms with Crippen molar-refractivity contribution in [1.82, 2.24) is 4.90 Å². The smallest absolute Gasteiger partial charge is 0.222 e. The molecule has 3 heteroatoms. The van der Waals surface area contributed by atoms with Gasteiger partial charge in [0.05, 0.1) is 6.61 Å². The van der Waals surface area contributed by atoms with Crippen molar-refractivity contribution in [2.45, 2.75) is 39.0 Å². The molecule has 0 spiro atoms. The standard InChI is InChI=1S/C16H23NO2/c1-14-7-9-15(10-8-14)19-13-5-6-16(18)17-11-3-2-4-12-17/h7-10H,2-6,11-13H2,1H3. The van der Waals surface area contributed by atoms with E-state index in [1.165, 1.54) is 12.0 Å². The fraction of sp³-hybridized carbons (Fsp3) is 0.562. The van der Waals surface area contributed by atoms with Crippen molar-refractivity contribution in [3.63, 3.8) is 0 Å². The molecule has 0 atom stereocenters. The van der Waals surface area contributed by atoms with E-state index in [0.29, 0.717) is 13.0 Å². The topological polar surface area (TPSA) is 29.5 Å². The molecule has 0 saturated carbocycles. The zero-order valence-electron chi connectivity index (χ0n) is 11.7. The minimum Gasteiger partial charge on any atom is -0.494 e. The van der Waals surface area contributed by atoms with Gasteiger partial charge < -0.3 is 9.64 Å². The minimum atomic E-state index is 0.284. The number of hydrogen-bond donors (Lipinski definition) is 0. The fourth-order valence-corrected chi connectivity index (χ4v) is 2.35. The van der Waals surface area contributed by atoms with Crippen LogP contribution in [0.3, 0.4) is 0 Å². The number of hydrogen-bond acceptors (Lipinski definition) is 2. The Hall–Kier alpha value is -1.51. The van der Waals surface area contributed by atoms with Crippen molar-refractivity contribution in [3.05, 3.63) is 29.8 Å². The number of rotatable bonds is 5. The van der Waals surface area contributed by atoms with Crippen LogP contribution in [-0.2, 0) is 4.79 Å². The molecule has 0 unspecified atom stereocenters. The van der Waals surface area contributed by atoms with Crippen molar-refractivity contribution in [1.29, 1.82) is 0 Å². The van der Waals surface area contributed by atoms with Crippen molar-refractivity contribution in [2.75, 3.05) is 19.7 Å². The minimum absolute atomic E-state index is 0.284. The van der Waals surface area contributed by atoms with Gasteiger partial charge in [-0.3, -0.25) is 4.79 Å². The van der Waals surface area contributed by atoms with Crippen LogP contribution in [0.5, 0.6) is 5.75 Å². The number of nitrogens with zero attached hydrogens (tertiary/aromatic N) is 1. The lowest BCUT2D eigenvalue weighted by atomic mass is 10.1. The molecule has 19 heavy (non-hydrogen) atoms. The highest BCUT2D eigenvalue weighted by atomic mass is 16.5. The Morgan fingerprint density at radius 1 is 1.16 bits per heavy atom. The first-order chi connectivity index (χ1) is 9.25. The van der Waals surface area contributed by atoms with Crippen LogP contribution in [-0.4, -0.2) is 30.5 Å². The molecule has 3 nitrogen and oxygen atoms in total. The van der Waals surface area contributed by atoms with Gasteiger partial charge in [-0.05, 0) is 44.7 Å². The summed E-state index contributed by atoms with van der Waals surface area (Å²) < 4.78 is 5.63. The number of likely N-dealkylation sites (tertiary alicyclic amines) is 1. The van der Waals surface area contributed by atoms with E-state index in [0.717, 1.165) is 38.1 Å². The van der Waals surface area contributed by atoms with E-state index in [2.05, 4.69) is 6.92 Å². The Kier molecular flexibility index (Phi) is 5.25. The first-order valence-electron chi connectivity index (χ1n) is 7.23. The third-order valence-electron chi connectivity index (χ3n) is 3.53. The third kappa shape index (κ3) is 4.58. The van der Waals surface area contributed by atoms with Gasteiger partial charge in [0.1, 0.15) is 5.75 Å². The first kappa shape index (κ1) is 13.9. The Bertz CT molecular complexity index is 394. The van der Waals surface area contributed by atoms with Crippen molar-refractivity contribution < 1.29 is 9.53 Å². The van der Waals surface area contributed by atoms with Gasteiger partial charge in [-0.25, -0.2) is 0 Å². The van der Waals surface area contributed by atoms with E-state index < -0.39 is 0 Å². The monoisotopic (exact) mass is 261 g/mol. The zero-order valence-corrected chi connectivity index (χ0v) is 11.7. The van der Waals surface area contributed by atoms with Crippen LogP contribution >= 0.6 is 0 Å². The molecular weight excluding hydrogens is 238 g/mol. The second kappa shape index (κ2) is 7.17. The summed E-state index contributed by atoms with van der Waals surface area (Å²) in [5, 5.41) is 0. The lowest BCUT2D eigenvalue weighted by molar-refractivity contribution is -0.132. The molecule has 1 amide bonds. The maximum absolute atomic E-state index is 11.9. The van der Waals surface area contributed by atoms with E-state index in [1.807, 2.05) is 29.2 Å². The summed E-state index contributed by atoms with van der Waals surface area (Å²) in [7, 11) is 0. The highest BCUT2D eigenvalue weighted by Crippen LogP contribution is 2.13. The van der Waals surface area contributed by atoms with Crippen LogP contribution in [0, 0.1) is 6.92 Å². The summed E-state index contributed by atoms with van der Waals surface area (Å²) in [6.45, 7) is 4.55. The number of amides is 1. The molecule has 1 aliphatic rings. The number of benzene rings is 1. The van der Waals surface area contributed by atoms with Crippen LogP contribution in [0.4, 0.5) is 0 Å². The number of carbonyl (C=O) groups is 1. The Morgan fingerprint density at radius 2 is 1.84 bits per heavy atom. The van der Waals surface area contributed by atoms with Gasteiger partial charge in [-0.2, -0.15) is 0 Å². The molecule has 1 saturated heterocycles. The van der Waals surface area contributed by atoms with Crippen LogP contribution < -0.4 is 4.74 Å². The SMILES string of the molecule is Cc1ccc(OCCCC(=O)N2CCCCC2)cc1. The van der Waals surface area contributed by atoms with Crippen LogP contribution in [0.25, 0.3) is 0 Å². The molecule has 0 N–H and O–H groups in total. The van der Waals surface area contributed by atoms with Gasteiger partial charge in [0.2, 0.25) is 5.91 Å². The molecule has 1 aliphatic heterocycles. The summed E-state index contributed by atoms with van der Waals surface area (Å²) in [5.41, 5.74) is 1.23. The molecule has 1 fully saturated rings. The number of carbonyl (C=O) groups excluding carboxylic acids is 1. The van der Waals surface area contributed by atoms with Gasteiger partial charge in [0.15, 0.2) is 0 Å². The van der Waals surface area contributed by atoms with E-state index in [1.54, 1.807) is 0 Å². The average Bonchev–Trinajstić information content (AvgIpc) is 2.46. The average molecular weight is 261 g/mol. The lowest BCUT2D eigenvalue weighted by Gasteiger charge is -2.26. The molecule has 104 valence electrons. The second-order valence-electron chi connectivity index (χ2n) is 5.21. The zero-order chi connectivity index (χ0) is 13.5. The summed E-state index contributed by atoms with van der Waals surface area (Å²) in [4.78, 5) is 13.9. The van der Waals surface area contributed by atoms with Crippen LogP contribution in [0.2, 0.25) is 0 Å². The normalized spacial score (nSPS) is 15.3. The second-order valence-corrected chi connectivity index (χ2v) is 5.21. The van der Waals surface area contributed by atoms with E-state index in [-0.39, 0.29) is 5.91 Å². The van der Waals surface area contributed by atoms with Crippen molar-refractivity contribution >= 4 is 5.91 Å². The van der Waals surface area contributed by atoms with E-state index in [9.17, 15) is 4.79 Å². The summed E-state index contributed by atoms with van der Waals surface area (Å²) in [5.74, 6) is 1.17. The molecule has 0 bridgehead atoms. The Labute approximate surface area is 115 Å². The maximum atomic E-state index is 11.9. The lowest BCUT2D eigenvalue weighted by Crippen LogP contribution is -2.35. The summed E-state index contributed by atoms with van der Waals surface area (Å²) >= 11 is 0. The molecule has 1 aromatic carbocycles. The van der Waals surface area contributed by atoms with Crippen molar-refractivity contribution in [3.8, 4) is 5.75 Å². The van der Waals surface area contributed by atoms with Crippen LogP contribution in [0.15, 0.2) is 24.3 Å². The molecule has 1 heterocycles. The summed E-state index contributed by atoms with van der Waals surface area (Å²) in [6, 6.07) is 8.02.